The predicted octanol–water partition coefficient (Wildman–Crippen LogP) is 4.19. The van der Waals surface area contributed by atoms with Crippen molar-refractivity contribution in [2.75, 3.05) is 11.1 Å². The standard InChI is InChI=1S/C22H23N5OS2/c1-14-8-9-16-17(12-23)21(30-18(16)10-14)24-20(28)13-29-22-26-25-19(27(22)2)11-15-6-4-3-5-7-15/h3-7,14H,8-11,13H2,1-2H3,(H,24,28). The van der Waals surface area contributed by atoms with Gasteiger partial charge in [-0.3, -0.25) is 4.79 Å². The van der Waals surface area contributed by atoms with E-state index in [1.807, 2.05) is 29.8 Å². The summed E-state index contributed by atoms with van der Waals surface area (Å²) >= 11 is 2.91. The van der Waals surface area contributed by atoms with Crippen LogP contribution in [0, 0.1) is 17.2 Å². The number of nitriles is 1. The molecule has 154 valence electrons. The van der Waals surface area contributed by atoms with E-state index in [9.17, 15) is 10.1 Å². The van der Waals surface area contributed by atoms with Gasteiger partial charge in [-0.25, -0.2) is 0 Å². The van der Waals surface area contributed by atoms with E-state index in [-0.39, 0.29) is 11.7 Å². The topological polar surface area (TPSA) is 83.6 Å². The molecule has 2 aromatic heterocycles. The van der Waals surface area contributed by atoms with Gasteiger partial charge in [-0.2, -0.15) is 5.26 Å². The van der Waals surface area contributed by atoms with Crippen LogP contribution in [0.15, 0.2) is 35.5 Å². The van der Waals surface area contributed by atoms with Crippen LogP contribution in [0.25, 0.3) is 0 Å². The van der Waals surface area contributed by atoms with E-state index in [0.29, 0.717) is 28.1 Å². The summed E-state index contributed by atoms with van der Waals surface area (Å²) in [5.74, 6) is 1.58. The summed E-state index contributed by atoms with van der Waals surface area (Å²) in [5.41, 5.74) is 2.94. The summed E-state index contributed by atoms with van der Waals surface area (Å²) in [5, 5.41) is 22.4. The molecule has 3 aromatic rings. The Balaban J connectivity index is 1.39. The van der Waals surface area contributed by atoms with E-state index in [4.69, 9.17) is 0 Å². The van der Waals surface area contributed by atoms with Gasteiger partial charge in [-0.05, 0) is 36.3 Å². The van der Waals surface area contributed by atoms with Gasteiger partial charge in [0.25, 0.3) is 0 Å². The van der Waals surface area contributed by atoms with Crippen LogP contribution < -0.4 is 5.32 Å². The number of hydrogen-bond acceptors (Lipinski definition) is 6. The van der Waals surface area contributed by atoms with Gasteiger partial charge < -0.3 is 9.88 Å². The molecule has 2 heterocycles. The number of hydrogen-bond donors (Lipinski definition) is 1. The zero-order chi connectivity index (χ0) is 21.1. The first kappa shape index (κ1) is 20.6. The number of fused-ring (bicyclic) bond motifs is 1. The highest BCUT2D eigenvalue weighted by molar-refractivity contribution is 7.99. The lowest BCUT2D eigenvalue weighted by Crippen LogP contribution is -2.14. The number of amides is 1. The van der Waals surface area contributed by atoms with Crippen molar-refractivity contribution in [3.8, 4) is 6.07 Å². The Hall–Kier alpha value is -2.63. The minimum Gasteiger partial charge on any atom is -0.316 e. The number of nitrogens with one attached hydrogen (secondary N) is 1. The highest BCUT2D eigenvalue weighted by atomic mass is 32.2. The molecule has 6 nitrogen and oxygen atoms in total. The van der Waals surface area contributed by atoms with Gasteiger partial charge in [-0.15, -0.1) is 21.5 Å². The molecule has 1 unspecified atom stereocenters. The highest BCUT2D eigenvalue weighted by Crippen LogP contribution is 2.39. The Morgan fingerprint density at radius 2 is 2.17 bits per heavy atom. The maximum Gasteiger partial charge on any atom is 0.235 e. The number of thioether (sulfide) groups is 1. The Morgan fingerprint density at radius 3 is 2.93 bits per heavy atom. The van der Waals surface area contributed by atoms with Gasteiger partial charge in [0, 0.05) is 18.3 Å². The van der Waals surface area contributed by atoms with Crippen molar-refractivity contribution in [3.63, 3.8) is 0 Å². The Kier molecular flexibility index (Phi) is 6.21. The van der Waals surface area contributed by atoms with Crippen LogP contribution >= 0.6 is 23.1 Å². The van der Waals surface area contributed by atoms with E-state index < -0.39 is 0 Å². The fraction of sp³-hybridized carbons (Fsp3) is 0.364. The van der Waals surface area contributed by atoms with E-state index in [1.54, 1.807) is 11.3 Å². The molecule has 1 aliphatic rings. The first-order valence-electron chi connectivity index (χ1n) is 9.94. The minimum absolute atomic E-state index is 0.129. The number of aromatic nitrogens is 3. The Morgan fingerprint density at radius 1 is 1.37 bits per heavy atom. The summed E-state index contributed by atoms with van der Waals surface area (Å²) in [4.78, 5) is 13.8. The lowest BCUT2D eigenvalue weighted by molar-refractivity contribution is -0.113. The third-order valence-corrected chi connectivity index (χ3v) is 7.53. The van der Waals surface area contributed by atoms with Crippen LogP contribution in [-0.4, -0.2) is 26.4 Å². The monoisotopic (exact) mass is 437 g/mol. The molecule has 1 N–H and O–H groups in total. The van der Waals surface area contributed by atoms with Crippen LogP contribution in [-0.2, 0) is 31.1 Å². The normalized spacial score (nSPS) is 15.4. The van der Waals surface area contributed by atoms with E-state index in [1.165, 1.54) is 22.2 Å². The lowest BCUT2D eigenvalue weighted by Gasteiger charge is -2.17. The van der Waals surface area contributed by atoms with Crippen LogP contribution in [0.5, 0.6) is 0 Å². The molecule has 0 spiro atoms. The van der Waals surface area contributed by atoms with Gasteiger partial charge >= 0.3 is 0 Å². The molecule has 1 amide bonds. The van der Waals surface area contributed by atoms with E-state index in [0.717, 1.165) is 30.7 Å². The van der Waals surface area contributed by atoms with Crippen molar-refractivity contribution in [2.24, 2.45) is 13.0 Å². The van der Waals surface area contributed by atoms with Crippen molar-refractivity contribution in [2.45, 2.75) is 37.8 Å². The fourth-order valence-electron chi connectivity index (χ4n) is 3.65. The first-order chi connectivity index (χ1) is 14.5. The smallest absolute Gasteiger partial charge is 0.235 e. The van der Waals surface area contributed by atoms with Crippen molar-refractivity contribution in [1.82, 2.24) is 14.8 Å². The molecular formula is C22H23N5OS2. The molecule has 0 radical (unpaired) electrons. The fourth-order valence-corrected chi connectivity index (χ4v) is 5.76. The maximum atomic E-state index is 12.5. The summed E-state index contributed by atoms with van der Waals surface area (Å²) in [6, 6.07) is 12.4. The molecule has 0 saturated heterocycles. The van der Waals surface area contributed by atoms with Gasteiger partial charge in [0.1, 0.15) is 16.9 Å². The lowest BCUT2D eigenvalue weighted by atomic mass is 9.89. The van der Waals surface area contributed by atoms with Crippen LogP contribution in [0.4, 0.5) is 5.00 Å². The number of anilines is 1. The average Bonchev–Trinajstić information content (AvgIpc) is 3.26. The second kappa shape index (κ2) is 9.02. The number of carbonyl (C=O) groups excluding carboxylic acids is 1. The van der Waals surface area contributed by atoms with Gasteiger partial charge in [0.2, 0.25) is 5.91 Å². The molecule has 1 atom stereocenters. The highest BCUT2D eigenvalue weighted by Gasteiger charge is 2.24. The van der Waals surface area contributed by atoms with Crippen LogP contribution in [0.2, 0.25) is 0 Å². The molecule has 0 aliphatic heterocycles. The summed E-state index contributed by atoms with van der Waals surface area (Å²) < 4.78 is 1.93. The molecule has 1 aromatic carbocycles. The van der Waals surface area contributed by atoms with Crippen molar-refractivity contribution in [3.05, 3.63) is 57.7 Å². The van der Waals surface area contributed by atoms with E-state index >= 15 is 0 Å². The molecule has 30 heavy (non-hydrogen) atoms. The van der Waals surface area contributed by atoms with Gasteiger partial charge in [-0.1, -0.05) is 49.0 Å². The quantitative estimate of drug-likeness (QED) is 0.585. The van der Waals surface area contributed by atoms with Crippen LogP contribution in [0.3, 0.4) is 0 Å². The van der Waals surface area contributed by atoms with Crippen molar-refractivity contribution < 1.29 is 4.79 Å². The molecular weight excluding hydrogens is 414 g/mol. The summed E-state index contributed by atoms with van der Waals surface area (Å²) in [7, 11) is 1.92. The maximum absolute atomic E-state index is 12.5. The van der Waals surface area contributed by atoms with Gasteiger partial charge in [0.05, 0.1) is 11.3 Å². The Bertz CT molecular complexity index is 1100. The largest absolute Gasteiger partial charge is 0.316 e. The molecule has 0 fully saturated rings. The first-order valence-corrected chi connectivity index (χ1v) is 11.7. The number of benzene rings is 1. The number of rotatable bonds is 6. The van der Waals surface area contributed by atoms with Crippen molar-refractivity contribution in [1.29, 1.82) is 5.26 Å². The molecule has 8 heteroatoms. The minimum atomic E-state index is -0.129. The van der Waals surface area contributed by atoms with E-state index in [2.05, 4.69) is 40.6 Å². The third-order valence-electron chi connectivity index (χ3n) is 5.34. The van der Waals surface area contributed by atoms with Crippen LogP contribution in [0.1, 0.15) is 40.7 Å². The Labute approximate surface area is 184 Å². The summed E-state index contributed by atoms with van der Waals surface area (Å²) in [6.07, 6.45) is 3.70. The SMILES string of the molecule is CC1CCc2c(sc(NC(=O)CSc3nnc(Cc4ccccc4)n3C)c2C#N)C1. The molecule has 0 saturated carbocycles. The number of thiophene rings is 1. The van der Waals surface area contributed by atoms with Gasteiger partial charge in [0.15, 0.2) is 5.16 Å². The predicted molar refractivity (Wildman–Crippen MR) is 120 cm³/mol. The zero-order valence-electron chi connectivity index (χ0n) is 17.0. The number of nitrogens with zero attached hydrogens (tertiary/aromatic N) is 4. The molecule has 4 rings (SSSR count). The third kappa shape index (κ3) is 4.42. The molecule has 0 bridgehead atoms. The average molecular weight is 438 g/mol. The number of carbonyl (C=O) groups is 1. The zero-order valence-corrected chi connectivity index (χ0v) is 18.6. The second-order valence-corrected chi connectivity index (χ2v) is 9.67. The molecule has 1 aliphatic carbocycles. The second-order valence-electron chi connectivity index (χ2n) is 7.62. The summed E-state index contributed by atoms with van der Waals surface area (Å²) in [6.45, 7) is 2.23. The van der Waals surface area contributed by atoms with Crippen molar-refractivity contribution >= 4 is 34.0 Å².